The highest BCUT2D eigenvalue weighted by Crippen LogP contribution is 2.22. The second-order valence-electron chi connectivity index (χ2n) is 4.21. The Balaban J connectivity index is 2.18. The summed E-state index contributed by atoms with van der Waals surface area (Å²) in [7, 11) is 1.88. The molecule has 0 aliphatic rings. The highest BCUT2D eigenvalue weighted by molar-refractivity contribution is 7.16. The van der Waals surface area contributed by atoms with Crippen molar-refractivity contribution in [2.45, 2.75) is 13.5 Å². The van der Waals surface area contributed by atoms with Crippen LogP contribution in [0.5, 0.6) is 0 Å². The number of carbonyl (C=O) groups excluding carboxylic acids is 2. The number of halogens is 1. The Morgan fingerprint density at radius 1 is 1.32 bits per heavy atom. The molecule has 7 heteroatoms. The number of thiophene rings is 1. The minimum Gasteiger partial charge on any atom is -0.355 e. The van der Waals surface area contributed by atoms with Gasteiger partial charge in [0.2, 0.25) is 11.8 Å². The van der Waals surface area contributed by atoms with Gasteiger partial charge in [0.05, 0.1) is 10.9 Å². The van der Waals surface area contributed by atoms with E-state index in [1.807, 2.05) is 24.1 Å². The first kappa shape index (κ1) is 15.9. The summed E-state index contributed by atoms with van der Waals surface area (Å²) in [6.45, 7) is 3.34. The first-order valence-electron chi connectivity index (χ1n) is 5.91. The highest BCUT2D eigenvalue weighted by Gasteiger charge is 2.08. The topological polar surface area (TPSA) is 61.4 Å². The summed E-state index contributed by atoms with van der Waals surface area (Å²) in [5, 5.41) is 5.36. The molecule has 1 aromatic rings. The lowest BCUT2D eigenvalue weighted by molar-refractivity contribution is -0.122. The summed E-state index contributed by atoms with van der Waals surface area (Å²) >= 11 is 7.36. The third-order valence-corrected chi connectivity index (χ3v) is 3.51. The Labute approximate surface area is 121 Å². The quantitative estimate of drug-likeness (QED) is 0.741. The summed E-state index contributed by atoms with van der Waals surface area (Å²) < 4.78 is 0.753. The zero-order chi connectivity index (χ0) is 14.3. The molecular weight excluding hydrogens is 286 g/mol. The molecule has 0 saturated heterocycles. The lowest BCUT2D eigenvalue weighted by Crippen LogP contribution is -2.38. The molecule has 0 bridgehead atoms. The van der Waals surface area contributed by atoms with Gasteiger partial charge in [0.15, 0.2) is 0 Å². The van der Waals surface area contributed by atoms with Crippen LogP contribution in [0.15, 0.2) is 12.1 Å². The summed E-state index contributed by atoms with van der Waals surface area (Å²) in [5.74, 6) is -0.156. The van der Waals surface area contributed by atoms with Gasteiger partial charge >= 0.3 is 0 Å². The average molecular weight is 304 g/mol. The smallest absolute Gasteiger partial charge is 0.234 e. The van der Waals surface area contributed by atoms with Crippen LogP contribution in [0, 0.1) is 0 Å². The van der Waals surface area contributed by atoms with E-state index in [-0.39, 0.29) is 11.8 Å². The number of amides is 2. The van der Waals surface area contributed by atoms with Crippen LogP contribution < -0.4 is 10.6 Å². The first-order chi connectivity index (χ1) is 8.97. The molecule has 5 nitrogen and oxygen atoms in total. The van der Waals surface area contributed by atoms with Crippen molar-refractivity contribution < 1.29 is 9.59 Å². The molecule has 0 radical (unpaired) electrons. The van der Waals surface area contributed by atoms with Gasteiger partial charge in [-0.1, -0.05) is 11.6 Å². The second kappa shape index (κ2) is 8.14. The van der Waals surface area contributed by atoms with Crippen molar-refractivity contribution in [3.63, 3.8) is 0 Å². The number of rotatable bonds is 7. The molecule has 0 aliphatic heterocycles. The predicted octanol–water partition coefficient (Wildman–Crippen LogP) is 1.09. The van der Waals surface area contributed by atoms with Crippen LogP contribution in [-0.4, -0.2) is 43.4 Å². The molecule has 106 valence electrons. The lowest BCUT2D eigenvalue weighted by Gasteiger charge is -2.15. The monoisotopic (exact) mass is 303 g/mol. The number of hydrogen-bond donors (Lipinski definition) is 2. The Kier molecular flexibility index (Phi) is 6.83. The molecule has 1 aromatic heterocycles. The number of nitrogens with one attached hydrogen (secondary N) is 2. The Morgan fingerprint density at radius 2 is 2.00 bits per heavy atom. The number of nitrogens with zero attached hydrogens (tertiary/aromatic N) is 1. The molecular formula is C12H18ClN3O2S. The van der Waals surface area contributed by atoms with Crippen LogP contribution in [0.1, 0.15) is 11.8 Å². The standard InChI is InChI=1S/C12H18ClN3O2S/c1-9(17)14-5-6-15-12(18)8-16(2)7-10-3-4-11(13)19-10/h3-4H,5-8H2,1-2H3,(H,14,17)(H,15,18). The molecule has 0 aromatic carbocycles. The molecule has 0 aliphatic carbocycles. The Bertz CT molecular complexity index is 436. The van der Waals surface area contributed by atoms with Crippen LogP contribution >= 0.6 is 22.9 Å². The van der Waals surface area contributed by atoms with Gasteiger partial charge in [0.1, 0.15) is 0 Å². The van der Waals surface area contributed by atoms with E-state index in [1.165, 1.54) is 18.3 Å². The fraction of sp³-hybridized carbons (Fsp3) is 0.500. The lowest BCUT2D eigenvalue weighted by atomic mass is 10.4. The van der Waals surface area contributed by atoms with Gasteiger partial charge in [-0.05, 0) is 19.2 Å². The maximum Gasteiger partial charge on any atom is 0.234 e. The van der Waals surface area contributed by atoms with Crippen molar-refractivity contribution in [3.05, 3.63) is 21.3 Å². The molecule has 0 saturated carbocycles. The van der Waals surface area contributed by atoms with Crippen molar-refractivity contribution in [1.82, 2.24) is 15.5 Å². The van der Waals surface area contributed by atoms with Crippen molar-refractivity contribution in [2.75, 3.05) is 26.7 Å². The van der Waals surface area contributed by atoms with E-state index in [9.17, 15) is 9.59 Å². The van der Waals surface area contributed by atoms with Crippen molar-refractivity contribution in [3.8, 4) is 0 Å². The minimum atomic E-state index is -0.0964. The molecule has 0 fully saturated rings. The molecule has 19 heavy (non-hydrogen) atoms. The third-order valence-electron chi connectivity index (χ3n) is 2.29. The third kappa shape index (κ3) is 7.15. The van der Waals surface area contributed by atoms with Gasteiger partial charge in [-0.3, -0.25) is 14.5 Å². The number of carbonyl (C=O) groups is 2. The minimum absolute atomic E-state index is 0.0597. The maximum atomic E-state index is 11.6. The Hall–Kier alpha value is -1.11. The summed E-state index contributed by atoms with van der Waals surface area (Å²) in [4.78, 5) is 25.3. The predicted molar refractivity (Wildman–Crippen MR) is 77.4 cm³/mol. The van der Waals surface area contributed by atoms with Crippen LogP contribution in [0.2, 0.25) is 4.34 Å². The van der Waals surface area contributed by atoms with Crippen LogP contribution in [-0.2, 0) is 16.1 Å². The van der Waals surface area contributed by atoms with Gasteiger partial charge in [-0.25, -0.2) is 0 Å². The summed E-state index contributed by atoms with van der Waals surface area (Å²) in [5.41, 5.74) is 0. The van der Waals surface area contributed by atoms with E-state index < -0.39 is 0 Å². The van der Waals surface area contributed by atoms with Gasteiger partial charge in [0, 0.05) is 31.4 Å². The van der Waals surface area contributed by atoms with Gasteiger partial charge in [-0.15, -0.1) is 11.3 Å². The average Bonchev–Trinajstić information content (AvgIpc) is 2.69. The fourth-order valence-corrected chi connectivity index (χ4v) is 2.67. The van der Waals surface area contributed by atoms with E-state index in [1.54, 1.807) is 0 Å². The number of likely N-dealkylation sites (N-methyl/N-ethyl adjacent to an activating group) is 1. The molecule has 1 heterocycles. The molecule has 0 spiro atoms. The van der Waals surface area contributed by atoms with Crippen LogP contribution in [0.4, 0.5) is 0 Å². The van der Waals surface area contributed by atoms with Crippen molar-refractivity contribution in [1.29, 1.82) is 0 Å². The van der Waals surface area contributed by atoms with E-state index >= 15 is 0 Å². The molecule has 1 rings (SSSR count). The zero-order valence-corrected chi connectivity index (χ0v) is 12.6. The molecule has 2 amide bonds. The van der Waals surface area contributed by atoms with E-state index in [0.29, 0.717) is 26.2 Å². The zero-order valence-electron chi connectivity index (χ0n) is 11.0. The summed E-state index contributed by atoms with van der Waals surface area (Å²) in [6.07, 6.45) is 0. The van der Waals surface area contributed by atoms with E-state index in [0.717, 1.165) is 9.21 Å². The van der Waals surface area contributed by atoms with Crippen LogP contribution in [0.3, 0.4) is 0 Å². The fourth-order valence-electron chi connectivity index (χ4n) is 1.50. The van der Waals surface area contributed by atoms with Gasteiger partial charge in [-0.2, -0.15) is 0 Å². The van der Waals surface area contributed by atoms with E-state index in [2.05, 4.69) is 10.6 Å². The van der Waals surface area contributed by atoms with Crippen molar-refractivity contribution >= 4 is 34.8 Å². The second-order valence-corrected chi connectivity index (χ2v) is 6.01. The highest BCUT2D eigenvalue weighted by atomic mass is 35.5. The van der Waals surface area contributed by atoms with Crippen LogP contribution in [0.25, 0.3) is 0 Å². The van der Waals surface area contributed by atoms with Gasteiger partial charge in [0.25, 0.3) is 0 Å². The normalized spacial score (nSPS) is 10.5. The Morgan fingerprint density at radius 3 is 2.58 bits per heavy atom. The molecule has 2 N–H and O–H groups in total. The first-order valence-corrected chi connectivity index (χ1v) is 7.10. The summed E-state index contributed by atoms with van der Waals surface area (Å²) in [6, 6.07) is 3.81. The largest absolute Gasteiger partial charge is 0.355 e. The SMILES string of the molecule is CC(=O)NCCNC(=O)CN(C)Cc1ccc(Cl)s1. The number of hydrogen-bond acceptors (Lipinski definition) is 4. The van der Waals surface area contributed by atoms with Crippen molar-refractivity contribution in [2.24, 2.45) is 0 Å². The van der Waals surface area contributed by atoms with Gasteiger partial charge < -0.3 is 10.6 Å². The van der Waals surface area contributed by atoms with E-state index in [4.69, 9.17) is 11.6 Å². The molecule has 0 atom stereocenters. The molecule has 0 unspecified atom stereocenters. The maximum absolute atomic E-state index is 11.6.